The van der Waals surface area contributed by atoms with Gasteiger partial charge in [-0.1, -0.05) is 60.7 Å². The summed E-state index contributed by atoms with van der Waals surface area (Å²) in [4.78, 5) is 24.6. The number of aromatic hydroxyl groups is 1. The molecule has 0 unspecified atom stereocenters. The molecule has 0 aromatic heterocycles. The molecular formula is C27H20F3NO5. The van der Waals surface area contributed by atoms with Crippen LogP contribution in [0.2, 0.25) is 0 Å². The Morgan fingerprint density at radius 3 is 1.97 bits per heavy atom. The first-order valence-corrected chi connectivity index (χ1v) is 10.8. The molecule has 1 amide bonds. The minimum Gasteiger partial charge on any atom is -0.507 e. The van der Waals surface area contributed by atoms with Gasteiger partial charge in [-0.25, -0.2) is 4.79 Å². The summed E-state index contributed by atoms with van der Waals surface area (Å²) < 4.78 is 40.8. The number of amides is 1. The highest BCUT2D eigenvalue weighted by Crippen LogP contribution is 2.27. The van der Waals surface area contributed by atoms with Crippen LogP contribution in [0.3, 0.4) is 0 Å². The minimum absolute atomic E-state index is 0.0198. The molecule has 4 aromatic carbocycles. The number of hydrogen-bond donors (Lipinski definition) is 3. The van der Waals surface area contributed by atoms with Crippen molar-refractivity contribution < 1.29 is 37.7 Å². The molecule has 0 heterocycles. The highest BCUT2D eigenvalue weighted by atomic mass is 19.4. The maximum Gasteiger partial charge on any atom is 0.573 e. The number of carboxylic acids is 1. The number of ether oxygens (including phenoxy) is 1. The lowest BCUT2D eigenvalue weighted by molar-refractivity contribution is -0.274. The molecule has 3 N–H and O–H groups in total. The van der Waals surface area contributed by atoms with E-state index in [9.17, 15) is 33.0 Å². The van der Waals surface area contributed by atoms with Crippen molar-refractivity contribution in [3.8, 4) is 22.6 Å². The molecule has 0 aliphatic rings. The van der Waals surface area contributed by atoms with E-state index in [-0.39, 0.29) is 23.5 Å². The van der Waals surface area contributed by atoms with E-state index < -0.39 is 24.3 Å². The van der Waals surface area contributed by atoms with Crippen molar-refractivity contribution >= 4 is 22.6 Å². The average Bonchev–Trinajstić information content (AvgIpc) is 2.83. The Labute approximate surface area is 203 Å². The Hall–Kier alpha value is -4.53. The predicted molar refractivity (Wildman–Crippen MR) is 127 cm³/mol. The van der Waals surface area contributed by atoms with E-state index in [0.29, 0.717) is 16.7 Å². The van der Waals surface area contributed by atoms with Crippen LogP contribution in [-0.4, -0.2) is 34.5 Å². The summed E-state index contributed by atoms with van der Waals surface area (Å²) in [5.41, 5.74) is 1.93. The number of nitrogens with one attached hydrogen (secondary N) is 1. The standard InChI is InChI=1S/C27H20F3NO5/c28-27(29,30)36-21-11-9-18(10-12-21)17-7-5-16(6-8-17)13-23(26(34)35)31-25(33)22-14-19-3-1-2-4-20(19)15-24(22)32/h1-12,14-15,23,32H,13H2,(H,31,33)(H,34,35)/t23-/m0/s1. The van der Waals surface area contributed by atoms with Gasteiger partial charge in [0.2, 0.25) is 0 Å². The molecule has 0 saturated carbocycles. The largest absolute Gasteiger partial charge is 0.573 e. The lowest BCUT2D eigenvalue weighted by Gasteiger charge is -2.16. The number of phenolic OH excluding ortho intramolecular Hbond substituents is 1. The molecule has 0 radical (unpaired) electrons. The van der Waals surface area contributed by atoms with E-state index in [1.54, 1.807) is 48.5 Å². The van der Waals surface area contributed by atoms with E-state index >= 15 is 0 Å². The molecule has 6 nitrogen and oxygen atoms in total. The first-order chi connectivity index (χ1) is 17.1. The van der Waals surface area contributed by atoms with Crippen molar-refractivity contribution in [3.63, 3.8) is 0 Å². The van der Waals surface area contributed by atoms with Crippen LogP contribution in [0.5, 0.6) is 11.5 Å². The summed E-state index contributed by atoms with van der Waals surface area (Å²) in [5, 5.41) is 23.8. The maximum absolute atomic E-state index is 12.8. The number of carboxylic acid groups (broad SMARTS) is 1. The fourth-order valence-corrected chi connectivity index (χ4v) is 3.76. The first-order valence-electron chi connectivity index (χ1n) is 10.8. The molecule has 0 aliphatic heterocycles. The Morgan fingerprint density at radius 2 is 1.42 bits per heavy atom. The third-order valence-electron chi connectivity index (χ3n) is 5.53. The lowest BCUT2D eigenvalue weighted by atomic mass is 10.00. The number of rotatable bonds is 7. The number of fused-ring (bicyclic) bond motifs is 1. The van der Waals surface area contributed by atoms with E-state index in [4.69, 9.17) is 0 Å². The number of halogens is 3. The third-order valence-corrected chi connectivity index (χ3v) is 5.53. The smallest absolute Gasteiger partial charge is 0.507 e. The van der Waals surface area contributed by atoms with Crippen LogP contribution in [0.15, 0.2) is 84.9 Å². The normalized spacial score (nSPS) is 12.2. The summed E-state index contributed by atoms with van der Waals surface area (Å²) >= 11 is 0. The van der Waals surface area contributed by atoms with Gasteiger partial charge in [0.1, 0.15) is 17.5 Å². The van der Waals surface area contributed by atoms with E-state index in [1.165, 1.54) is 36.4 Å². The molecule has 0 spiro atoms. The van der Waals surface area contributed by atoms with Crippen molar-refractivity contribution in [2.45, 2.75) is 18.8 Å². The number of alkyl halides is 3. The average molecular weight is 495 g/mol. The predicted octanol–water partition coefficient (Wildman–Crippen LogP) is 5.54. The fraction of sp³-hybridized carbons (Fsp3) is 0.111. The summed E-state index contributed by atoms with van der Waals surface area (Å²) in [6, 6.07) is 20.9. The number of phenols is 1. The molecule has 4 rings (SSSR count). The Bertz CT molecular complexity index is 1400. The Kier molecular flexibility index (Phi) is 6.82. The summed E-state index contributed by atoms with van der Waals surface area (Å²) in [7, 11) is 0. The zero-order valence-corrected chi connectivity index (χ0v) is 18.6. The molecule has 0 bridgehead atoms. The van der Waals surface area contributed by atoms with Gasteiger partial charge < -0.3 is 20.3 Å². The van der Waals surface area contributed by atoms with Crippen molar-refractivity contribution in [3.05, 3.63) is 96.1 Å². The number of aliphatic carboxylic acids is 1. The van der Waals surface area contributed by atoms with Gasteiger partial charge in [0.15, 0.2) is 0 Å². The van der Waals surface area contributed by atoms with Gasteiger partial charge in [-0.3, -0.25) is 4.79 Å². The zero-order valence-electron chi connectivity index (χ0n) is 18.6. The van der Waals surface area contributed by atoms with Gasteiger partial charge in [0, 0.05) is 6.42 Å². The molecule has 4 aromatic rings. The van der Waals surface area contributed by atoms with E-state index in [0.717, 1.165) is 10.8 Å². The monoisotopic (exact) mass is 495 g/mol. The Morgan fingerprint density at radius 1 is 0.861 bits per heavy atom. The number of benzene rings is 4. The quantitative estimate of drug-likeness (QED) is 0.313. The highest BCUT2D eigenvalue weighted by molar-refractivity contribution is 6.02. The molecule has 9 heteroatoms. The first kappa shape index (κ1) is 24.6. The molecular weight excluding hydrogens is 475 g/mol. The van der Waals surface area contributed by atoms with Crippen LogP contribution in [0, 0.1) is 0 Å². The second-order valence-corrected chi connectivity index (χ2v) is 8.05. The van der Waals surface area contributed by atoms with Crippen molar-refractivity contribution in [2.24, 2.45) is 0 Å². The van der Waals surface area contributed by atoms with Crippen LogP contribution < -0.4 is 10.1 Å². The van der Waals surface area contributed by atoms with Gasteiger partial charge in [-0.05, 0) is 51.7 Å². The SMILES string of the molecule is O=C(N[C@@H](Cc1ccc(-c2ccc(OC(F)(F)F)cc2)cc1)C(=O)O)c1cc2ccccc2cc1O. The van der Waals surface area contributed by atoms with Gasteiger partial charge in [0.25, 0.3) is 5.91 Å². The maximum atomic E-state index is 12.8. The van der Waals surface area contributed by atoms with Crippen molar-refractivity contribution in [2.75, 3.05) is 0 Å². The van der Waals surface area contributed by atoms with Crippen LogP contribution in [0.25, 0.3) is 21.9 Å². The fourth-order valence-electron chi connectivity index (χ4n) is 3.76. The van der Waals surface area contributed by atoms with Crippen molar-refractivity contribution in [1.82, 2.24) is 5.32 Å². The Balaban J connectivity index is 1.46. The second kappa shape index (κ2) is 9.99. The lowest BCUT2D eigenvalue weighted by Crippen LogP contribution is -2.42. The van der Waals surface area contributed by atoms with Crippen molar-refractivity contribution in [1.29, 1.82) is 0 Å². The molecule has 1 atom stereocenters. The van der Waals surface area contributed by atoms with Gasteiger partial charge in [0.05, 0.1) is 5.56 Å². The summed E-state index contributed by atoms with van der Waals surface area (Å²) in [6.07, 6.45) is -4.79. The second-order valence-electron chi connectivity index (χ2n) is 8.05. The van der Waals surface area contributed by atoms with E-state index in [2.05, 4.69) is 10.1 Å². The van der Waals surface area contributed by atoms with Gasteiger partial charge in [-0.15, -0.1) is 13.2 Å². The van der Waals surface area contributed by atoms with Gasteiger partial charge in [-0.2, -0.15) is 0 Å². The summed E-state index contributed by atoms with van der Waals surface area (Å²) in [5.74, 6) is -2.55. The molecule has 0 fully saturated rings. The number of hydrogen-bond acceptors (Lipinski definition) is 4. The topological polar surface area (TPSA) is 95.9 Å². The third kappa shape index (κ3) is 5.93. The molecule has 0 saturated heterocycles. The van der Waals surface area contributed by atoms with Crippen LogP contribution in [0.4, 0.5) is 13.2 Å². The van der Waals surface area contributed by atoms with Crippen LogP contribution >= 0.6 is 0 Å². The minimum atomic E-state index is -4.77. The van der Waals surface area contributed by atoms with Crippen LogP contribution in [-0.2, 0) is 11.2 Å². The highest BCUT2D eigenvalue weighted by Gasteiger charge is 2.31. The molecule has 36 heavy (non-hydrogen) atoms. The van der Waals surface area contributed by atoms with E-state index in [1.807, 2.05) is 0 Å². The zero-order chi connectivity index (χ0) is 25.9. The molecule has 0 aliphatic carbocycles. The summed E-state index contributed by atoms with van der Waals surface area (Å²) in [6.45, 7) is 0. The number of carbonyl (C=O) groups is 2. The number of carbonyl (C=O) groups excluding carboxylic acids is 1. The molecule has 184 valence electrons. The van der Waals surface area contributed by atoms with Crippen LogP contribution in [0.1, 0.15) is 15.9 Å². The van der Waals surface area contributed by atoms with Gasteiger partial charge >= 0.3 is 12.3 Å².